The van der Waals surface area contributed by atoms with Crippen LogP contribution in [0.2, 0.25) is 0 Å². The molecule has 0 N–H and O–H groups in total. The maximum absolute atomic E-state index is 12.9. The molecule has 1 unspecified atom stereocenters. The van der Waals surface area contributed by atoms with Gasteiger partial charge in [-0.3, -0.25) is 4.79 Å². The first-order chi connectivity index (χ1) is 14.7. The largest absolute Gasteiger partial charge is 0.497 e. The maximum Gasteiger partial charge on any atom is 0.281 e. The normalized spacial score (nSPS) is 15.4. The summed E-state index contributed by atoms with van der Waals surface area (Å²) in [6.45, 7) is -0.178. The second kappa shape index (κ2) is 8.53. The smallest absolute Gasteiger partial charge is 0.281 e. The van der Waals surface area contributed by atoms with Crippen molar-refractivity contribution in [3.8, 4) is 17.6 Å². The van der Waals surface area contributed by atoms with Gasteiger partial charge in [-0.1, -0.05) is 0 Å². The highest BCUT2D eigenvalue weighted by Crippen LogP contribution is 2.33. The van der Waals surface area contributed by atoms with Gasteiger partial charge in [-0.25, -0.2) is 5.01 Å². The average Bonchev–Trinajstić information content (AvgIpc) is 3.48. The molecule has 0 saturated carbocycles. The molecule has 0 saturated heterocycles. The maximum atomic E-state index is 12.9. The summed E-state index contributed by atoms with van der Waals surface area (Å²) in [5.74, 6) is 1.64. The molecule has 1 aromatic heterocycles. The Morgan fingerprint density at radius 3 is 2.53 bits per heavy atom. The minimum absolute atomic E-state index is 0.178. The molecule has 0 fully saturated rings. The van der Waals surface area contributed by atoms with E-state index in [0.717, 1.165) is 17.0 Å². The Morgan fingerprint density at radius 2 is 1.90 bits per heavy atom. The summed E-state index contributed by atoms with van der Waals surface area (Å²) in [6, 6.07) is 19.5. The lowest BCUT2D eigenvalue weighted by molar-refractivity contribution is -0.135. The van der Waals surface area contributed by atoms with E-state index in [1.54, 1.807) is 43.7 Å². The van der Waals surface area contributed by atoms with Crippen molar-refractivity contribution in [2.24, 2.45) is 5.10 Å². The van der Waals surface area contributed by atoms with Crippen LogP contribution in [0.4, 0.5) is 0 Å². The number of hydrazone groups is 1. The molecule has 30 heavy (non-hydrogen) atoms. The van der Waals surface area contributed by atoms with E-state index in [1.165, 1.54) is 5.01 Å². The summed E-state index contributed by atoms with van der Waals surface area (Å²) in [6.07, 6.45) is 2.11. The lowest BCUT2D eigenvalue weighted by Gasteiger charge is -2.20. The molecule has 0 aliphatic carbocycles. The Labute approximate surface area is 173 Å². The highest BCUT2D eigenvalue weighted by Gasteiger charge is 2.35. The van der Waals surface area contributed by atoms with Gasteiger partial charge in [0.1, 0.15) is 23.3 Å². The third kappa shape index (κ3) is 4.03. The molecule has 1 atom stereocenters. The Bertz CT molecular complexity index is 1080. The third-order valence-electron chi connectivity index (χ3n) is 4.81. The second-order valence-electron chi connectivity index (χ2n) is 6.67. The molecule has 1 amide bonds. The summed E-state index contributed by atoms with van der Waals surface area (Å²) in [4.78, 5) is 12.9. The number of rotatable bonds is 6. The molecular formula is C23H19N3O4. The molecule has 2 aromatic carbocycles. The number of carbonyl (C=O) groups excluding carboxylic acids is 1. The third-order valence-corrected chi connectivity index (χ3v) is 4.81. The second-order valence-corrected chi connectivity index (χ2v) is 6.67. The molecule has 4 rings (SSSR count). The van der Waals surface area contributed by atoms with Crippen LogP contribution in [-0.4, -0.2) is 30.3 Å². The van der Waals surface area contributed by atoms with Crippen molar-refractivity contribution in [3.63, 3.8) is 0 Å². The van der Waals surface area contributed by atoms with Gasteiger partial charge in [0.2, 0.25) is 0 Å². The number of benzene rings is 2. The topological polar surface area (TPSA) is 88.1 Å². The van der Waals surface area contributed by atoms with Gasteiger partial charge >= 0.3 is 0 Å². The van der Waals surface area contributed by atoms with Crippen LogP contribution < -0.4 is 9.47 Å². The first-order valence-electron chi connectivity index (χ1n) is 9.38. The van der Waals surface area contributed by atoms with E-state index < -0.39 is 0 Å². The highest BCUT2D eigenvalue weighted by molar-refractivity contribution is 6.03. The summed E-state index contributed by atoms with van der Waals surface area (Å²) >= 11 is 0. The minimum atomic E-state index is -0.339. The van der Waals surface area contributed by atoms with Crippen LogP contribution in [0.25, 0.3) is 0 Å². The quantitative estimate of drug-likeness (QED) is 0.625. The molecule has 7 nitrogen and oxygen atoms in total. The average molecular weight is 401 g/mol. The summed E-state index contributed by atoms with van der Waals surface area (Å²) < 4.78 is 16.4. The summed E-state index contributed by atoms with van der Waals surface area (Å²) in [5, 5.41) is 14.9. The fourth-order valence-electron chi connectivity index (χ4n) is 3.24. The summed E-state index contributed by atoms with van der Waals surface area (Å²) in [7, 11) is 1.61. The van der Waals surface area contributed by atoms with Gasteiger partial charge in [-0.05, 0) is 66.2 Å². The molecule has 0 spiro atoms. The lowest BCUT2D eigenvalue weighted by Crippen LogP contribution is -2.31. The first kappa shape index (κ1) is 19.3. The van der Waals surface area contributed by atoms with Crippen molar-refractivity contribution < 1.29 is 18.7 Å². The van der Waals surface area contributed by atoms with E-state index in [1.807, 2.05) is 36.4 Å². The van der Waals surface area contributed by atoms with Crippen molar-refractivity contribution in [3.05, 3.63) is 83.8 Å². The summed E-state index contributed by atoms with van der Waals surface area (Å²) in [5.41, 5.74) is 2.22. The van der Waals surface area contributed by atoms with Gasteiger partial charge in [0.05, 0.1) is 30.7 Å². The Hall–Kier alpha value is -4.05. The predicted molar refractivity (Wildman–Crippen MR) is 109 cm³/mol. The molecule has 150 valence electrons. The Balaban J connectivity index is 1.52. The van der Waals surface area contributed by atoms with Crippen LogP contribution >= 0.6 is 0 Å². The number of ether oxygens (including phenoxy) is 2. The molecule has 0 bridgehead atoms. The van der Waals surface area contributed by atoms with E-state index in [-0.39, 0.29) is 18.6 Å². The molecule has 2 heterocycles. The van der Waals surface area contributed by atoms with E-state index >= 15 is 0 Å². The molecule has 3 aromatic rings. The van der Waals surface area contributed by atoms with Crippen LogP contribution in [0.15, 0.2) is 76.4 Å². The molecule has 7 heteroatoms. The number of nitriles is 1. The number of hydrogen-bond donors (Lipinski definition) is 0. The van der Waals surface area contributed by atoms with E-state index in [4.69, 9.17) is 19.2 Å². The van der Waals surface area contributed by atoms with Crippen molar-refractivity contribution in [2.75, 3.05) is 13.7 Å². The zero-order valence-corrected chi connectivity index (χ0v) is 16.3. The fourth-order valence-corrected chi connectivity index (χ4v) is 3.24. The van der Waals surface area contributed by atoms with Gasteiger partial charge in [0, 0.05) is 6.42 Å². The van der Waals surface area contributed by atoms with Crippen molar-refractivity contribution in [2.45, 2.75) is 12.5 Å². The zero-order valence-electron chi connectivity index (χ0n) is 16.3. The van der Waals surface area contributed by atoms with E-state index in [9.17, 15) is 4.79 Å². The SMILES string of the molecule is COc1ccc(C2=NN(C(=O)COc3ccc(C#N)cc3)C(c3ccco3)C2)cc1. The van der Waals surface area contributed by atoms with Gasteiger partial charge in [0.15, 0.2) is 6.61 Å². The predicted octanol–water partition coefficient (Wildman–Crippen LogP) is 3.92. The van der Waals surface area contributed by atoms with Crippen molar-refractivity contribution in [1.29, 1.82) is 5.26 Å². The van der Waals surface area contributed by atoms with Gasteiger partial charge in [-0.2, -0.15) is 10.4 Å². The van der Waals surface area contributed by atoms with Gasteiger partial charge < -0.3 is 13.9 Å². The number of nitrogens with zero attached hydrogens (tertiary/aromatic N) is 3. The van der Waals surface area contributed by atoms with Crippen LogP contribution in [0, 0.1) is 11.3 Å². The van der Waals surface area contributed by atoms with Crippen molar-refractivity contribution in [1.82, 2.24) is 5.01 Å². The van der Waals surface area contributed by atoms with E-state index in [0.29, 0.717) is 23.5 Å². The lowest BCUT2D eigenvalue weighted by atomic mass is 10.0. The monoisotopic (exact) mass is 401 g/mol. The van der Waals surface area contributed by atoms with Gasteiger partial charge in [0.25, 0.3) is 5.91 Å². The number of hydrogen-bond acceptors (Lipinski definition) is 6. The fraction of sp³-hybridized carbons (Fsp3) is 0.174. The molecule has 1 aliphatic rings. The zero-order chi connectivity index (χ0) is 20.9. The highest BCUT2D eigenvalue weighted by atomic mass is 16.5. The molecule has 0 radical (unpaired) electrons. The standard InChI is InChI=1S/C23H19N3O4/c1-28-18-10-6-17(7-11-18)20-13-21(22-3-2-12-29-22)26(25-20)23(27)15-30-19-8-4-16(14-24)5-9-19/h2-12,21H,13,15H2,1H3. The van der Waals surface area contributed by atoms with Crippen LogP contribution in [-0.2, 0) is 4.79 Å². The van der Waals surface area contributed by atoms with E-state index in [2.05, 4.69) is 5.10 Å². The first-order valence-corrected chi connectivity index (χ1v) is 9.38. The number of amides is 1. The number of methoxy groups -OCH3 is 1. The van der Waals surface area contributed by atoms with Crippen LogP contribution in [0.3, 0.4) is 0 Å². The Morgan fingerprint density at radius 1 is 1.17 bits per heavy atom. The number of furan rings is 1. The Kier molecular flexibility index (Phi) is 5.48. The minimum Gasteiger partial charge on any atom is -0.497 e. The van der Waals surface area contributed by atoms with Crippen LogP contribution in [0.1, 0.15) is 29.3 Å². The van der Waals surface area contributed by atoms with Crippen LogP contribution in [0.5, 0.6) is 11.5 Å². The molecular weight excluding hydrogens is 382 g/mol. The van der Waals surface area contributed by atoms with Crippen molar-refractivity contribution >= 4 is 11.6 Å². The number of carbonyl (C=O) groups is 1. The molecule has 1 aliphatic heterocycles. The van der Waals surface area contributed by atoms with Gasteiger partial charge in [-0.15, -0.1) is 0 Å².